The first kappa shape index (κ1) is 14.4. The lowest BCUT2D eigenvalue weighted by molar-refractivity contribution is 0.668. The van der Waals surface area contributed by atoms with Gasteiger partial charge >= 0.3 is 0 Å². The average Bonchev–Trinajstić information content (AvgIpc) is 3.03. The summed E-state index contributed by atoms with van der Waals surface area (Å²) >= 11 is 3.71. The lowest BCUT2D eigenvalue weighted by Gasteiger charge is -2.10. The fourth-order valence-corrected chi connectivity index (χ4v) is 3.65. The van der Waals surface area contributed by atoms with E-state index in [0.717, 1.165) is 29.6 Å². The van der Waals surface area contributed by atoms with Crippen molar-refractivity contribution in [1.29, 1.82) is 0 Å². The molecule has 0 amide bonds. The summed E-state index contributed by atoms with van der Waals surface area (Å²) in [6.07, 6.45) is 4.17. The molecule has 0 atom stereocenters. The zero-order chi connectivity index (χ0) is 15.0. The summed E-state index contributed by atoms with van der Waals surface area (Å²) in [5.41, 5.74) is 5.08. The molecular formula is C17H20BrN3. The second kappa shape index (κ2) is 5.68. The van der Waals surface area contributed by atoms with Gasteiger partial charge in [-0.15, -0.1) is 0 Å². The number of para-hydroxylation sites is 1. The number of fused-ring (bicyclic) bond motifs is 1. The molecule has 0 saturated carbocycles. The molecule has 0 unspecified atom stereocenters. The van der Waals surface area contributed by atoms with Crippen LogP contribution < -0.4 is 0 Å². The van der Waals surface area contributed by atoms with Crippen LogP contribution >= 0.6 is 15.9 Å². The molecule has 3 nitrogen and oxygen atoms in total. The highest BCUT2D eigenvalue weighted by atomic mass is 79.9. The van der Waals surface area contributed by atoms with Gasteiger partial charge in [-0.05, 0) is 45.8 Å². The third-order valence-corrected chi connectivity index (χ3v) is 4.99. The van der Waals surface area contributed by atoms with Gasteiger partial charge in [0.2, 0.25) is 0 Å². The van der Waals surface area contributed by atoms with Gasteiger partial charge in [0.1, 0.15) is 0 Å². The van der Waals surface area contributed by atoms with Gasteiger partial charge in [-0.1, -0.05) is 32.0 Å². The van der Waals surface area contributed by atoms with Crippen molar-refractivity contribution in [3.05, 3.63) is 51.9 Å². The van der Waals surface area contributed by atoms with Gasteiger partial charge in [-0.3, -0.25) is 4.68 Å². The van der Waals surface area contributed by atoms with Gasteiger partial charge < -0.3 is 4.57 Å². The molecule has 1 aromatic carbocycles. The molecule has 0 bridgehead atoms. The number of hydrogen-bond acceptors (Lipinski definition) is 1. The number of aryl methyl sites for hydroxylation is 3. The van der Waals surface area contributed by atoms with E-state index in [-0.39, 0.29) is 0 Å². The summed E-state index contributed by atoms with van der Waals surface area (Å²) in [6.45, 7) is 5.18. The standard InChI is InChI=1S/C17H20BrN3/c1-4-12-7-6-8-13-9-10-21(17(12)13)11-15-16(18)14(5-2)19-20(15)3/h6-10H,4-5,11H2,1-3H3. The van der Waals surface area contributed by atoms with E-state index in [1.165, 1.54) is 22.2 Å². The van der Waals surface area contributed by atoms with E-state index >= 15 is 0 Å². The molecule has 0 N–H and O–H groups in total. The zero-order valence-corrected chi connectivity index (χ0v) is 14.3. The first-order valence-corrected chi connectivity index (χ1v) is 8.22. The monoisotopic (exact) mass is 345 g/mol. The van der Waals surface area contributed by atoms with E-state index < -0.39 is 0 Å². The smallest absolute Gasteiger partial charge is 0.0767 e. The maximum Gasteiger partial charge on any atom is 0.0767 e. The van der Waals surface area contributed by atoms with Crippen LogP contribution in [0.4, 0.5) is 0 Å². The third-order valence-electron chi connectivity index (χ3n) is 4.08. The minimum Gasteiger partial charge on any atom is -0.341 e. The number of rotatable bonds is 4. The zero-order valence-electron chi connectivity index (χ0n) is 12.7. The Kier molecular flexibility index (Phi) is 3.89. The molecule has 0 radical (unpaired) electrons. The topological polar surface area (TPSA) is 22.8 Å². The molecule has 0 aliphatic carbocycles. The van der Waals surface area contributed by atoms with Gasteiger partial charge in [0.25, 0.3) is 0 Å². The lowest BCUT2D eigenvalue weighted by Crippen LogP contribution is -2.06. The number of benzene rings is 1. The van der Waals surface area contributed by atoms with Crippen LogP contribution in [0.25, 0.3) is 10.9 Å². The van der Waals surface area contributed by atoms with Gasteiger partial charge in [0, 0.05) is 13.2 Å². The summed E-state index contributed by atoms with van der Waals surface area (Å²) in [6, 6.07) is 8.73. The fourth-order valence-electron chi connectivity index (χ4n) is 2.91. The molecule has 0 aliphatic heterocycles. The van der Waals surface area contributed by atoms with E-state index in [1.54, 1.807) is 0 Å². The molecule has 2 heterocycles. The van der Waals surface area contributed by atoms with E-state index in [4.69, 9.17) is 0 Å². The van der Waals surface area contributed by atoms with Gasteiger partial charge in [0.05, 0.1) is 27.9 Å². The van der Waals surface area contributed by atoms with Crippen LogP contribution in [-0.4, -0.2) is 14.3 Å². The van der Waals surface area contributed by atoms with Crippen LogP contribution in [0, 0.1) is 0 Å². The number of hydrogen-bond donors (Lipinski definition) is 0. The summed E-state index contributed by atoms with van der Waals surface area (Å²) in [4.78, 5) is 0. The number of aromatic nitrogens is 3. The van der Waals surface area contributed by atoms with Crippen molar-refractivity contribution >= 4 is 26.8 Å². The maximum atomic E-state index is 4.59. The van der Waals surface area contributed by atoms with Crippen molar-refractivity contribution < 1.29 is 0 Å². The molecule has 21 heavy (non-hydrogen) atoms. The van der Waals surface area contributed by atoms with Crippen LogP contribution in [0.3, 0.4) is 0 Å². The molecule has 0 aliphatic rings. The van der Waals surface area contributed by atoms with E-state index in [2.05, 4.69) is 69.9 Å². The SMILES string of the molecule is CCc1nn(C)c(Cn2ccc3cccc(CC)c32)c1Br. The maximum absolute atomic E-state index is 4.59. The van der Waals surface area contributed by atoms with Crippen LogP contribution in [0.2, 0.25) is 0 Å². The minimum atomic E-state index is 0.838. The van der Waals surface area contributed by atoms with Crippen molar-refractivity contribution in [2.24, 2.45) is 7.05 Å². The third kappa shape index (κ3) is 2.42. The van der Waals surface area contributed by atoms with Gasteiger partial charge in [-0.2, -0.15) is 5.10 Å². The predicted octanol–water partition coefficient (Wildman–Crippen LogP) is 4.31. The minimum absolute atomic E-state index is 0.838. The van der Waals surface area contributed by atoms with Gasteiger partial charge in [-0.25, -0.2) is 0 Å². The van der Waals surface area contributed by atoms with Crippen LogP contribution in [-0.2, 0) is 26.4 Å². The highest BCUT2D eigenvalue weighted by Crippen LogP contribution is 2.26. The van der Waals surface area contributed by atoms with E-state index in [1.807, 2.05) is 11.7 Å². The van der Waals surface area contributed by atoms with Crippen molar-refractivity contribution in [2.75, 3.05) is 0 Å². The van der Waals surface area contributed by atoms with Crippen LogP contribution in [0.15, 0.2) is 34.9 Å². The van der Waals surface area contributed by atoms with Crippen LogP contribution in [0.1, 0.15) is 30.8 Å². The first-order valence-electron chi connectivity index (χ1n) is 7.42. The highest BCUT2D eigenvalue weighted by Gasteiger charge is 2.14. The molecule has 2 aromatic heterocycles. The fraction of sp³-hybridized carbons (Fsp3) is 0.353. The highest BCUT2D eigenvalue weighted by molar-refractivity contribution is 9.10. The Morgan fingerprint density at radius 3 is 2.62 bits per heavy atom. The molecule has 0 fully saturated rings. The summed E-state index contributed by atoms with van der Waals surface area (Å²) in [5.74, 6) is 0. The molecule has 110 valence electrons. The van der Waals surface area contributed by atoms with Crippen molar-refractivity contribution in [1.82, 2.24) is 14.3 Å². The van der Waals surface area contributed by atoms with Crippen molar-refractivity contribution in [3.8, 4) is 0 Å². The normalized spacial score (nSPS) is 11.4. The molecule has 3 rings (SSSR count). The molecule has 4 heteroatoms. The number of nitrogens with zero attached hydrogens (tertiary/aromatic N) is 3. The van der Waals surface area contributed by atoms with E-state index in [9.17, 15) is 0 Å². The molecular weight excluding hydrogens is 326 g/mol. The second-order valence-electron chi connectivity index (χ2n) is 5.34. The van der Waals surface area contributed by atoms with E-state index in [0.29, 0.717) is 0 Å². The second-order valence-corrected chi connectivity index (χ2v) is 6.13. The Balaban J connectivity index is 2.09. The molecule has 0 saturated heterocycles. The van der Waals surface area contributed by atoms with Crippen LogP contribution in [0.5, 0.6) is 0 Å². The first-order chi connectivity index (χ1) is 10.2. The number of halogens is 1. The quantitative estimate of drug-likeness (QED) is 0.690. The lowest BCUT2D eigenvalue weighted by atomic mass is 10.1. The summed E-state index contributed by atoms with van der Waals surface area (Å²) < 4.78 is 5.46. The van der Waals surface area contributed by atoms with Crippen molar-refractivity contribution in [2.45, 2.75) is 33.2 Å². The van der Waals surface area contributed by atoms with Crippen molar-refractivity contribution in [3.63, 3.8) is 0 Å². The average molecular weight is 346 g/mol. The summed E-state index contributed by atoms with van der Waals surface area (Å²) in [5, 5.41) is 5.90. The Morgan fingerprint density at radius 2 is 1.95 bits per heavy atom. The Labute approximate surface area is 133 Å². The molecule has 0 spiro atoms. The predicted molar refractivity (Wildman–Crippen MR) is 90.7 cm³/mol. The van der Waals surface area contributed by atoms with Gasteiger partial charge in [0.15, 0.2) is 0 Å². The Hall–Kier alpha value is -1.55. The largest absolute Gasteiger partial charge is 0.341 e. The Morgan fingerprint density at radius 1 is 1.14 bits per heavy atom. The Bertz CT molecular complexity index is 783. The summed E-state index contributed by atoms with van der Waals surface area (Å²) in [7, 11) is 2.02. The molecule has 3 aromatic rings.